The highest BCUT2D eigenvalue weighted by Crippen LogP contribution is 2.10. The van der Waals surface area contributed by atoms with Crippen molar-refractivity contribution in [1.82, 2.24) is 9.80 Å². The Bertz CT molecular complexity index is 534. The van der Waals surface area contributed by atoms with Gasteiger partial charge in [0.2, 0.25) is 5.91 Å². The molecule has 0 saturated carbocycles. The van der Waals surface area contributed by atoms with Crippen LogP contribution in [0.15, 0.2) is 24.3 Å². The molecule has 2 N–H and O–H groups in total. The molecule has 1 heterocycles. The molecule has 0 atom stereocenters. The Labute approximate surface area is 123 Å². The van der Waals surface area contributed by atoms with E-state index >= 15 is 0 Å². The molecule has 1 aliphatic rings. The molecule has 5 nitrogen and oxygen atoms in total. The quantitative estimate of drug-likeness (QED) is 0.812. The van der Waals surface area contributed by atoms with Crippen LogP contribution in [0.4, 0.5) is 0 Å². The number of piperazine rings is 1. The molecule has 20 heavy (non-hydrogen) atoms. The smallest absolute Gasteiger partial charge is 0.253 e. The zero-order valence-electron chi connectivity index (χ0n) is 11.3. The molecular weight excluding hydrogens is 274 g/mol. The van der Waals surface area contributed by atoms with Gasteiger partial charge in [0.05, 0.1) is 0 Å². The summed E-state index contributed by atoms with van der Waals surface area (Å²) >= 11 is 4.88. The molecule has 0 aromatic heterocycles. The Morgan fingerprint density at radius 3 is 1.90 bits per heavy atom. The summed E-state index contributed by atoms with van der Waals surface area (Å²) in [5.41, 5.74) is 6.89. The average molecular weight is 291 g/mol. The molecule has 1 saturated heterocycles. The first-order chi connectivity index (χ1) is 9.49. The fraction of sp³-hybridized carbons (Fsp3) is 0.357. The molecular formula is C14H17N3O2S. The Hall–Kier alpha value is -1.95. The second-order valence-electron chi connectivity index (χ2n) is 4.74. The van der Waals surface area contributed by atoms with E-state index in [2.05, 4.69) is 0 Å². The molecule has 0 radical (unpaired) electrons. The first-order valence-corrected chi connectivity index (χ1v) is 6.84. The van der Waals surface area contributed by atoms with Crippen molar-refractivity contribution in [2.24, 2.45) is 5.73 Å². The maximum atomic E-state index is 12.3. The molecule has 1 aromatic rings. The summed E-state index contributed by atoms with van der Waals surface area (Å²) in [5.74, 6) is 0.0283. The van der Waals surface area contributed by atoms with E-state index in [1.165, 1.54) is 0 Å². The molecule has 1 aromatic carbocycles. The van der Waals surface area contributed by atoms with Crippen molar-refractivity contribution in [2.45, 2.75) is 6.92 Å². The van der Waals surface area contributed by atoms with Gasteiger partial charge in [0, 0.05) is 44.2 Å². The molecule has 1 aliphatic heterocycles. The van der Waals surface area contributed by atoms with Gasteiger partial charge in [-0.05, 0) is 12.1 Å². The number of hydrogen-bond acceptors (Lipinski definition) is 3. The van der Waals surface area contributed by atoms with Crippen LogP contribution in [0.3, 0.4) is 0 Å². The van der Waals surface area contributed by atoms with E-state index < -0.39 is 0 Å². The van der Waals surface area contributed by atoms with Crippen LogP contribution in [0.2, 0.25) is 0 Å². The number of nitrogens with two attached hydrogens (primary N) is 1. The molecule has 0 unspecified atom stereocenters. The third-order valence-corrected chi connectivity index (χ3v) is 3.66. The van der Waals surface area contributed by atoms with Crippen molar-refractivity contribution in [3.63, 3.8) is 0 Å². The van der Waals surface area contributed by atoms with Gasteiger partial charge in [-0.15, -0.1) is 0 Å². The van der Waals surface area contributed by atoms with Crippen LogP contribution in [0, 0.1) is 0 Å². The molecule has 2 amide bonds. The lowest BCUT2D eigenvalue weighted by Gasteiger charge is -2.34. The normalized spacial score (nSPS) is 15.1. The maximum absolute atomic E-state index is 12.3. The summed E-state index contributed by atoms with van der Waals surface area (Å²) in [6.45, 7) is 3.86. The van der Waals surface area contributed by atoms with Crippen LogP contribution in [0.1, 0.15) is 22.8 Å². The van der Waals surface area contributed by atoms with Crippen LogP contribution in [0.5, 0.6) is 0 Å². The minimum Gasteiger partial charge on any atom is -0.389 e. The molecule has 0 aliphatic carbocycles. The first kappa shape index (κ1) is 14.5. The molecule has 0 bridgehead atoms. The second-order valence-corrected chi connectivity index (χ2v) is 5.18. The minimum absolute atomic E-state index is 0.0253. The topological polar surface area (TPSA) is 66.6 Å². The van der Waals surface area contributed by atoms with Crippen LogP contribution in [-0.2, 0) is 4.79 Å². The molecule has 0 spiro atoms. The van der Waals surface area contributed by atoms with Gasteiger partial charge in [-0.2, -0.15) is 0 Å². The van der Waals surface area contributed by atoms with Crippen molar-refractivity contribution in [2.75, 3.05) is 26.2 Å². The predicted molar refractivity (Wildman–Crippen MR) is 80.5 cm³/mol. The highest BCUT2D eigenvalue weighted by atomic mass is 32.1. The number of amides is 2. The standard InChI is InChI=1S/C14H17N3O2S/c1-10(18)16-6-8-17(9-7-16)14(19)12-4-2-11(3-5-12)13(15)20/h2-5H,6-9H2,1H3,(H2,15,20). The number of thiocarbonyl (C=S) groups is 1. The lowest BCUT2D eigenvalue weighted by Crippen LogP contribution is -2.50. The lowest BCUT2D eigenvalue weighted by molar-refractivity contribution is -0.130. The van der Waals surface area contributed by atoms with E-state index in [9.17, 15) is 9.59 Å². The van der Waals surface area contributed by atoms with Crippen molar-refractivity contribution >= 4 is 29.0 Å². The number of carbonyl (C=O) groups excluding carboxylic acids is 2. The van der Waals surface area contributed by atoms with Crippen LogP contribution >= 0.6 is 12.2 Å². The first-order valence-electron chi connectivity index (χ1n) is 6.43. The third-order valence-electron chi connectivity index (χ3n) is 3.43. The highest BCUT2D eigenvalue weighted by Gasteiger charge is 2.23. The Morgan fingerprint density at radius 1 is 1.00 bits per heavy atom. The van der Waals surface area contributed by atoms with Gasteiger partial charge < -0.3 is 15.5 Å². The maximum Gasteiger partial charge on any atom is 0.253 e. The Morgan fingerprint density at radius 2 is 1.45 bits per heavy atom. The largest absolute Gasteiger partial charge is 0.389 e. The van der Waals surface area contributed by atoms with Gasteiger partial charge in [0.25, 0.3) is 5.91 Å². The van der Waals surface area contributed by atoms with E-state index in [4.69, 9.17) is 18.0 Å². The van der Waals surface area contributed by atoms with E-state index in [0.29, 0.717) is 36.7 Å². The highest BCUT2D eigenvalue weighted by molar-refractivity contribution is 7.80. The summed E-state index contributed by atoms with van der Waals surface area (Å²) in [5, 5.41) is 0. The van der Waals surface area contributed by atoms with E-state index in [1.54, 1.807) is 41.0 Å². The molecule has 106 valence electrons. The van der Waals surface area contributed by atoms with Crippen LogP contribution in [-0.4, -0.2) is 52.8 Å². The van der Waals surface area contributed by atoms with Crippen molar-refractivity contribution in [3.05, 3.63) is 35.4 Å². The summed E-state index contributed by atoms with van der Waals surface area (Å²) < 4.78 is 0. The van der Waals surface area contributed by atoms with Gasteiger partial charge >= 0.3 is 0 Å². The average Bonchev–Trinajstić information content (AvgIpc) is 2.46. The minimum atomic E-state index is -0.0253. The summed E-state index contributed by atoms with van der Waals surface area (Å²) in [7, 11) is 0. The fourth-order valence-corrected chi connectivity index (χ4v) is 2.32. The third kappa shape index (κ3) is 3.14. The van der Waals surface area contributed by atoms with Crippen LogP contribution < -0.4 is 5.73 Å². The molecule has 2 rings (SSSR count). The molecule has 6 heteroatoms. The van der Waals surface area contributed by atoms with Gasteiger partial charge in [-0.3, -0.25) is 9.59 Å². The predicted octanol–water partition coefficient (Wildman–Crippen LogP) is 0.625. The summed E-state index contributed by atoms with van der Waals surface area (Å²) in [4.78, 5) is 27.4. The van der Waals surface area contributed by atoms with Gasteiger partial charge in [-0.1, -0.05) is 24.4 Å². The van der Waals surface area contributed by atoms with Gasteiger partial charge in [0.1, 0.15) is 4.99 Å². The van der Waals surface area contributed by atoms with Gasteiger partial charge in [-0.25, -0.2) is 0 Å². The number of hydrogen-bond donors (Lipinski definition) is 1. The lowest BCUT2D eigenvalue weighted by atomic mass is 10.1. The SMILES string of the molecule is CC(=O)N1CCN(C(=O)c2ccc(C(N)=S)cc2)CC1. The van der Waals surface area contributed by atoms with Crippen LogP contribution in [0.25, 0.3) is 0 Å². The van der Waals surface area contributed by atoms with Crippen molar-refractivity contribution in [3.8, 4) is 0 Å². The zero-order valence-corrected chi connectivity index (χ0v) is 12.2. The second kappa shape index (κ2) is 6.00. The fourth-order valence-electron chi connectivity index (χ4n) is 2.18. The number of carbonyl (C=O) groups is 2. The summed E-state index contributed by atoms with van der Waals surface area (Å²) in [6, 6.07) is 6.96. The Kier molecular flexibility index (Phi) is 4.34. The number of benzene rings is 1. The van der Waals surface area contributed by atoms with Gasteiger partial charge in [0.15, 0.2) is 0 Å². The summed E-state index contributed by atoms with van der Waals surface area (Å²) in [6.07, 6.45) is 0. The van der Waals surface area contributed by atoms with E-state index in [-0.39, 0.29) is 11.8 Å². The number of rotatable bonds is 2. The monoisotopic (exact) mass is 291 g/mol. The molecule has 1 fully saturated rings. The van der Waals surface area contributed by atoms with Crippen molar-refractivity contribution in [1.29, 1.82) is 0 Å². The van der Waals surface area contributed by atoms with E-state index in [1.807, 2.05) is 0 Å². The van der Waals surface area contributed by atoms with Crippen molar-refractivity contribution < 1.29 is 9.59 Å². The number of nitrogens with zero attached hydrogens (tertiary/aromatic N) is 2. The zero-order chi connectivity index (χ0) is 14.7. The Balaban J connectivity index is 2.01. The van der Waals surface area contributed by atoms with E-state index in [0.717, 1.165) is 5.56 Å².